The van der Waals surface area contributed by atoms with Crippen molar-refractivity contribution in [3.8, 4) is 11.6 Å². The normalized spacial score (nSPS) is 11.4. The Hall–Kier alpha value is -1.83. The van der Waals surface area contributed by atoms with Crippen LogP contribution in [0.3, 0.4) is 0 Å². The summed E-state index contributed by atoms with van der Waals surface area (Å²) in [6.07, 6.45) is -3.85. The minimum atomic E-state index is -4.48. The minimum Gasteiger partial charge on any atom is -0.437 e. The van der Waals surface area contributed by atoms with E-state index in [1.54, 1.807) is 0 Å². The van der Waals surface area contributed by atoms with Crippen molar-refractivity contribution in [2.45, 2.75) is 6.18 Å². The maximum Gasteiger partial charge on any atom is 0.417 e. The van der Waals surface area contributed by atoms with E-state index >= 15 is 0 Å². The third kappa shape index (κ3) is 3.19. The minimum absolute atomic E-state index is 0.0297. The lowest BCUT2D eigenvalue weighted by Crippen LogP contribution is -2.05. The number of rotatable bonds is 2. The molecule has 20 heavy (non-hydrogen) atoms. The van der Waals surface area contributed by atoms with Crippen LogP contribution in [0, 0.1) is 5.82 Å². The number of aromatic nitrogens is 1. The van der Waals surface area contributed by atoms with Crippen LogP contribution < -0.4 is 10.5 Å². The zero-order valence-electron chi connectivity index (χ0n) is 9.71. The molecule has 0 saturated carbocycles. The van der Waals surface area contributed by atoms with Crippen LogP contribution in [0.1, 0.15) is 5.56 Å². The number of pyridine rings is 1. The molecule has 0 bridgehead atoms. The van der Waals surface area contributed by atoms with Crippen molar-refractivity contribution in [2.75, 3.05) is 5.73 Å². The molecule has 1 aromatic carbocycles. The number of anilines is 1. The predicted molar refractivity (Wildman–Crippen MR) is 67.8 cm³/mol. The monoisotopic (exact) mass is 350 g/mol. The van der Waals surface area contributed by atoms with E-state index in [0.29, 0.717) is 6.20 Å². The molecule has 1 aromatic heterocycles. The van der Waals surface area contributed by atoms with Gasteiger partial charge in [-0.1, -0.05) is 0 Å². The van der Waals surface area contributed by atoms with Gasteiger partial charge in [0.25, 0.3) is 0 Å². The largest absolute Gasteiger partial charge is 0.437 e. The standard InChI is InChI=1S/C12H7BrF4N2O/c13-7-3-9(18)10(4-8(7)14)20-11-2-1-6(5-19-11)12(15,16)17/h1-5H,18H2. The van der Waals surface area contributed by atoms with Gasteiger partial charge in [-0.2, -0.15) is 13.2 Å². The second-order valence-corrected chi connectivity index (χ2v) is 4.64. The van der Waals surface area contributed by atoms with Crippen molar-refractivity contribution in [3.63, 3.8) is 0 Å². The van der Waals surface area contributed by atoms with Gasteiger partial charge in [0.15, 0.2) is 5.75 Å². The van der Waals surface area contributed by atoms with Crippen LogP contribution in [0.5, 0.6) is 11.6 Å². The molecule has 0 aliphatic carbocycles. The fourth-order valence-electron chi connectivity index (χ4n) is 1.35. The maximum atomic E-state index is 13.3. The molecule has 8 heteroatoms. The highest BCUT2D eigenvalue weighted by Gasteiger charge is 2.30. The molecule has 0 saturated heterocycles. The summed E-state index contributed by atoms with van der Waals surface area (Å²) < 4.78 is 55.7. The highest BCUT2D eigenvalue weighted by atomic mass is 79.9. The van der Waals surface area contributed by atoms with Crippen LogP contribution in [0.15, 0.2) is 34.9 Å². The molecule has 3 nitrogen and oxygen atoms in total. The molecule has 2 N–H and O–H groups in total. The van der Waals surface area contributed by atoms with Gasteiger partial charge in [-0.3, -0.25) is 0 Å². The number of nitrogens with two attached hydrogens (primary N) is 1. The molecule has 0 aliphatic rings. The van der Waals surface area contributed by atoms with Crippen LogP contribution >= 0.6 is 15.9 Å². The molecular formula is C12H7BrF4N2O. The smallest absolute Gasteiger partial charge is 0.417 e. The first-order valence-electron chi connectivity index (χ1n) is 5.23. The van der Waals surface area contributed by atoms with Gasteiger partial charge in [0.05, 0.1) is 15.7 Å². The van der Waals surface area contributed by atoms with Crippen LogP contribution in [0.2, 0.25) is 0 Å². The Kier molecular flexibility index (Phi) is 3.85. The molecule has 2 aromatic rings. The van der Waals surface area contributed by atoms with Crippen molar-refractivity contribution in [3.05, 3.63) is 46.3 Å². The average Bonchev–Trinajstić information content (AvgIpc) is 2.35. The van der Waals surface area contributed by atoms with Gasteiger partial charge >= 0.3 is 6.18 Å². The number of hydrogen-bond acceptors (Lipinski definition) is 3. The fourth-order valence-corrected chi connectivity index (χ4v) is 1.71. The summed E-state index contributed by atoms with van der Waals surface area (Å²) in [6, 6.07) is 4.14. The lowest BCUT2D eigenvalue weighted by molar-refractivity contribution is -0.137. The van der Waals surface area contributed by atoms with Gasteiger partial charge < -0.3 is 10.5 Å². The first-order chi connectivity index (χ1) is 9.27. The van der Waals surface area contributed by atoms with Gasteiger partial charge in [0.2, 0.25) is 5.88 Å². The summed E-state index contributed by atoms with van der Waals surface area (Å²) in [5, 5.41) is 0. The van der Waals surface area contributed by atoms with Crippen LogP contribution in [-0.4, -0.2) is 4.98 Å². The quantitative estimate of drug-likeness (QED) is 0.645. The molecule has 0 unspecified atom stereocenters. The predicted octanol–water partition coefficient (Wildman–Crippen LogP) is 4.38. The topological polar surface area (TPSA) is 48.1 Å². The van der Waals surface area contributed by atoms with E-state index < -0.39 is 17.6 Å². The third-order valence-corrected chi connectivity index (χ3v) is 2.94. The molecule has 106 valence electrons. The number of benzene rings is 1. The molecule has 1 heterocycles. The van der Waals surface area contributed by atoms with Gasteiger partial charge in [0.1, 0.15) is 5.82 Å². The summed E-state index contributed by atoms with van der Waals surface area (Å²) in [7, 11) is 0. The lowest BCUT2D eigenvalue weighted by atomic mass is 10.3. The van der Waals surface area contributed by atoms with Gasteiger partial charge in [0, 0.05) is 18.3 Å². The third-order valence-electron chi connectivity index (χ3n) is 2.33. The number of halogens is 5. The molecule has 0 amide bonds. The lowest BCUT2D eigenvalue weighted by Gasteiger charge is -2.10. The van der Waals surface area contributed by atoms with Crippen LogP contribution in [0.4, 0.5) is 23.2 Å². The van der Waals surface area contributed by atoms with Gasteiger partial charge in [-0.15, -0.1) is 0 Å². The van der Waals surface area contributed by atoms with Crippen molar-refractivity contribution < 1.29 is 22.3 Å². The Morgan fingerprint density at radius 1 is 1.20 bits per heavy atom. The summed E-state index contributed by atoms with van der Waals surface area (Å²) in [5.74, 6) is -0.759. The van der Waals surface area contributed by atoms with Gasteiger partial charge in [-0.25, -0.2) is 9.37 Å². The molecule has 0 aliphatic heterocycles. The van der Waals surface area contributed by atoms with Crippen molar-refractivity contribution in [2.24, 2.45) is 0 Å². The van der Waals surface area contributed by atoms with Gasteiger partial charge in [-0.05, 0) is 28.1 Å². The second kappa shape index (κ2) is 5.28. The number of ether oxygens (including phenoxy) is 1. The summed E-state index contributed by atoms with van der Waals surface area (Å²) >= 11 is 2.95. The molecular weight excluding hydrogens is 344 g/mol. The molecule has 0 atom stereocenters. The Morgan fingerprint density at radius 2 is 1.90 bits per heavy atom. The van der Waals surface area contributed by atoms with E-state index in [0.717, 1.165) is 18.2 Å². The van der Waals surface area contributed by atoms with Crippen molar-refractivity contribution in [1.29, 1.82) is 0 Å². The first kappa shape index (κ1) is 14.6. The van der Waals surface area contributed by atoms with Crippen molar-refractivity contribution >= 4 is 21.6 Å². The summed E-state index contributed by atoms with van der Waals surface area (Å²) in [5.41, 5.74) is 4.83. The maximum absolute atomic E-state index is 13.3. The van der Waals surface area contributed by atoms with E-state index in [9.17, 15) is 17.6 Å². The number of hydrogen-bond donors (Lipinski definition) is 1. The van der Waals surface area contributed by atoms with E-state index in [-0.39, 0.29) is 21.8 Å². The highest BCUT2D eigenvalue weighted by molar-refractivity contribution is 9.10. The molecule has 0 spiro atoms. The number of alkyl halides is 3. The average molecular weight is 351 g/mol. The zero-order valence-corrected chi connectivity index (χ0v) is 11.3. The SMILES string of the molecule is Nc1cc(Br)c(F)cc1Oc1ccc(C(F)(F)F)cn1. The molecule has 0 radical (unpaired) electrons. The van der Waals surface area contributed by atoms with Crippen LogP contribution in [-0.2, 0) is 6.18 Å². The summed E-state index contributed by atoms with van der Waals surface area (Å²) in [6.45, 7) is 0. The Morgan fingerprint density at radius 3 is 2.45 bits per heavy atom. The highest BCUT2D eigenvalue weighted by Crippen LogP contribution is 2.33. The Labute approximate surface area is 119 Å². The van der Waals surface area contributed by atoms with E-state index in [2.05, 4.69) is 20.9 Å². The first-order valence-corrected chi connectivity index (χ1v) is 6.02. The number of nitrogens with zero attached hydrogens (tertiary/aromatic N) is 1. The van der Waals surface area contributed by atoms with Crippen LogP contribution in [0.25, 0.3) is 0 Å². The fraction of sp³-hybridized carbons (Fsp3) is 0.0833. The van der Waals surface area contributed by atoms with E-state index in [1.165, 1.54) is 6.07 Å². The second-order valence-electron chi connectivity index (χ2n) is 3.79. The summed E-state index contributed by atoms with van der Waals surface area (Å²) in [4.78, 5) is 3.50. The Balaban J connectivity index is 2.25. The Bertz CT molecular complexity index is 629. The zero-order chi connectivity index (χ0) is 14.9. The van der Waals surface area contributed by atoms with E-state index in [1.807, 2.05) is 0 Å². The number of nitrogen functional groups attached to an aromatic ring is 1. The van der Waals surface area contributed by atoms with E-state index in [4.69, 9.17) is 10.5 Å². The molecule has 2 rings (SSSR count). The van der Waals surface area contributed by atoms with Crippen molar-refractivity contribution in [1.82, 2.24) is 4.98 Å². The molecule has 0 fully saturated rings.